The third-order valence-corrected chi connectivity index (χ3v) is 5.12. The molecular formula is C18H22F3N3O3S. The third-order valence-electron chi connectivity index (χ3n) is 4.17. The molecule has 2 aromatic heterocycles. The maximum absolute atomic E-state index is 12.2. The molecule has 0 spiro atoms. The molecule has 6 nitrogen and oxygen atoms in total. The fraction of sp³-hybridized carbons (Fsp3) is 0.500. The summed E-state index contributed by atoms with van der Waals surface area (Å²) in [5.41, 5.74) is 4.47. The first-order chi connectivity index (χ1) is 13.1. The van der Waals surface area contributed by atoms with E-state index in [-0.39, 0.29) is 5.56 Å². The molecule has 10 heteroatoms. The van der Waals surface area contributed by atoms with E-state index < -0.39 is 12.1 Å². The second kappa shape index (κ2) is 9.33. The number of halogens is 3. The Morgan fingerprint density at radius 2 is 1.96 bits per heavy atom. The van der Waals surface area contributed by atoms with Gasteiger partial charge in [-0.25, -0.2) is 9.78 Å². The molecule has 0 unspecified atom stereocenters. The number of alkyl halides is 3. The van der Waals surface area contributed by atoms with Crippen molar-refractivity contribution in [2.45, 2.75) is 51.9 Å². The van der Waals surface area contributed by atoms with Gasteiger partial charge in [0.15, 0.2) is 0 Å². The number of carboxylic acid groups (broad SMARTS) is 1. The summed E-state index contributed by atoms with van der Waals surface area (Å²) < 4.78 is 31.7. The van der Waals surface area contributed by atoms with Crippen molar-refractivity contribution in [3.63, 3.8) is 0 Å². The molecule has 2 heterocycles. The van der Waals surface area contributed by atoms with Crippen LogP contribution in [-0.2, 0) is 30.7 Å². The highest BCUT2D eigenvalue weighted by atomic mass is 32.1. The van der Waals surface area contributed by atoms with E-state index in [4.69, 9.17) is 9.90 Å². The van der Waals surface area contributed by atoms with E-state index in [0.29, 0.717) is 6.54 Å². The number of carboxylic acids is 1. The van der Waals surface area contributed by atoms with Gasteiger partial charge in [-0.3, -0.25) is 9.69 Å². The Morgan fingerprint density at radius 3 is 2.54 bits per heavy atom. The molecule has 1 aliphatic rings. The molecule has 0 saturated carbocycles. The maximum atomic E-state index is 12.2. The van der Waals surface area contributed by atoms with Crippen molar-refractivity contribution in [1.82, 2.24) is 14.9 Å². The Balaban J connectivity index is 0.000000345. The number of aromatic amines is 1. The first-order valence-corrected chi connectivity index (χ1v) is 9.58. The van der Waals surface area contributed by atoms with Crippen LogP contribution in [0.15, 0.2) is 16.2 Å². The van der Waals surface area contributed by atoms with Gasteiger partial charge in [-0.05, 0) is 51.3 Å². The molecule has 2 aromatic rings. The molecule has 0 bridgehead atoms. The van der Waals surface area contributed by atoms with E-state index in [2.05, 4.69) is 26.3 Å². The number of aromatic nitrogens is 2. The molecule has 3 rings (SSSR count). The molecule has 0 saturated heterocycles. The van der Waals surface area contributed by atoms with E-state index in [1.807, 2.05) is 14.0 Å². The number of H-pyrrole nitrogens is 1. The number of nitrogens with one attached hydrogen (secondary N) is 1. The van der Waals surface area contributed by atoms with Crippen LogP contribution in [0.25, 0.3) is 0 Å². The van der Waals surface area contributed by atoms with Gasteiger partial charge in [0.05, 0.1) is 6.54 Å². The summed E-state index contributed by atoms with van der Waals surface area (Å²) in [6.07, 6.45) is -0.564. The van der Waals surface area contributed by atoms with Gasteiger partial charge in [-0.15, -0.1) is 11.3 Å². The van der Waals surface area contributed by atoms with Gasteiger partial charge in [0, 0.05) is 28.9 Å². The number of hydrogen-bond acceptors (Lipinski definition) is 5. The number of aryl methyl sites for hydroxylation is 3. The minimum absolute atomic E-state index is 0.0674. The van der Waals surface area contributed by atoms with Crippen molar-refractivity contribution in [2.24, 2.45) is 0 Å². The summed E-state index contributed by atoms with van der Waals surface area (Å²) in [5, 5.41) is 10.3. The highest BCUT2D eigenvalue weighted by molar-refractivity contribution is 7.09. The molecule has 28 heavy (non-hydrogen) atoms. The molecule has 0 aliphatic heterocycles. The van der Waals surface area contributed by atoms with Gasteiger partial charge in [-0.2, -0.15) is 13.2 Å². The Hall–Kier alpha value is -2.20. The van der Waals surface area contributed by atoms with Crippen molar-refractivity contribution in [2.75, 3.05) is 7.05 Å². The number of rotatable bonds is 4. The fourth-order valence-electron chi connectivity index (χ4n) is 2.89. The first-order valence-electron chi connectivity index (χ1n) is 8.70. The molecule has 0 fully saturated rings. The number of fused-ring (bicyclic) bond motifs is 1. The second-order valence-electron chi connectivity index (χ2n) is 6.69. The molecular weight excluding hydrogens is 395 g/mol. The Bertz CT molecular complexity index is 877. The van der Waals surface area contributed by atoms with E-state index in [1.165, 1.54) is 18.4 Å². The number of thiazole rings is 1. The SMILES string of the molecule is Cc1csc(CN(C)Cc2cc3c([nH]c2=O)CCCC3)n1.O=C(O)C(F)(F)F. The minimum atomic E-state index is -5.08. The van der Waals surface area contributed by atoms with E-state index in [1.54, 1.807) is 11.3 Å². The predicted molar refractivity (Wildman–Crippen MR) is 99.4 cm³/mol. The molecule has 2 N–H and O–H groups in total. The zero-order valence-electron chi connectivity index (χ0n) is 15.6. The van der Waals surface area contributed by atoms with Crippen LogP contribution in [0.3, 0.4) is 0 Å². The van der Waals surface area contributed by atoms with Crippen LogP contribution in [0.5, 0.6) is 0 Å². The zero-order chi connectivity index (χ0) is 20.9. The topological polar surface area (TPSA) is 86.3 Å². The smallest absolute Gasteiger partial charge is 0.475 e. The lowest BCUT2D eigenvalue weighted by Crippen LogP contribution is -2.25. The monoisotopic (exact) mass is 417 g/mol. The Morgan fingerprint density at radius 1 is 1.32 bits per heavy atom. The largest absolute Gasteiger partial charge is 0.490 e. The Kier molecular flexibility index (Phi) is 7.36. The lowest BCUT2D eigenvalue weighted by Gasteiger charge is -2.19. The number of nitrogens with zero attached hydrogens (tertiary/aromatic N) is 2. The van der Waals surface area contributed by atoms with Gasteiger partial charge >= 0.3 is 12.1 Å². The fourth-order valence-corrected chi connectivity index (χ4v) is 3.75. The van der Waals surface area contributed by atoms with Gasteiger partial charge < -0.3 is 10.1 Å². The van der Waals surface area contributed by atoms with Gasteiger partial charge in [0.25, 0.3) is 5.56 Å². The number of pyridine rings is 1. The molecule has 0 amide bonds. The lowest BCUT2D eigenvalue weighted by molar-refractivity contribution is -0.192. The van der Waals surface area contributed by atoms with E-state index in [9.17, 15) is 18.0 Å². The van der Waals surface area contributed by atoms with Crippen molar-refractivity contribution >= 4 is 17.3 Å². The highest BCUT2D eigenvalue weighted by Crippen LogP contribution is 2.19. The van der Waals surface area contributed by atoms with Crippen LogP contribution in [0, 0.1) is 6.92 Å². The molecule has 0 aromatic carbocycles. The van der Waals surface area contributed by atoms with Crippen LogP contribution in [-0.4, -0.2) is 39.2 Å². The molecule has 1 aliphatic carbocycles. The summed E-state index contributed by atoms with van der Waals surface area (Å²) in [7, 11) is 2.04. The minimum Gasteiger partial charge on any atom is -0.475 e. The van der Waals surface area contributed by atoms with E-state index >= 15 is 0 Å². The summed E-state index contributed by atoms with van der Waals surface area (Å²) in [6, 6.07) is 2.11. The molecule has 154 valence electrons. The van der Waals surface area contributed by atoms with E-state index in [0.717, 1.165) is 41.3 Å². The van der Waals surface area contributed by atoms with Crippen LogP contribution < -0.4 is 5.56 Å². The van der Waals surface area contributed by atoms with Crippen molar-refractivity contribution in [1.29, 1.82) is 0 Å². The quantitative estimate of drug-likeness (QED) is 0.797. The van der Waals surface area contributed by atoms with Crippen LogP contribution >= 0.6 is 11.3 Å². The van der Waals surface area contributed by atoms with Crippen molar-refractivity contribution in [3.05, 3.63) is 49.3 Å². The summed E-state index contributed by atoms with van der Waals surface area (Å²) in [6.45, 7) is 3.46. The summed E-state index contributed by atoms with van der Waals surface area (Å²) in [5.74, 6) is -2.76. The van der Waals surface area contributed by atoms with Gasteiger partial charge in [-0.1, -0.05) is 0 Å². The third kappa shape index (κ3) is 6.45. The van der Waals surface area contributed by atoms with Crippen molar-refractivity contribution in [3.8, 4) is 0 Å². The molecule has 0 atom stereocenters. The number of aliphatic carboxylic acids is 1. The number of carbonyl (C=O) groups is 1. The van der Waals surface area contributed by atoms with Crippen LogP contribution in [0.4, 0.5) is 13.2 Å². The molecule has 0 radical (unpaired) electrons. The highest BCUT2D eigenvalue weighted by Gasteiger charge is 2.38. The van der Waals surface area contributed by atoms with Gasteiger partial charge in [0.1, 0.15) is 5.01 Å². The average molecular weight is 417 g/mol. The van der Waals surface area contributed by atoms with Crippen LogP contribution in [0.1, 0.15) is 40.4 Å². The Labute approximate surface area is 164 Å². The lowest BCUT2D eigenvalue weighted by atomic mass is 9.95. The van der Waals surface area contributed by atoms with Crippen molar-refractivity contribution < 1.29 is 23.1 Å². The van der Waals surface area contributed by atoms with Gasteiger partial charge in [0.2, 0.25) is 0 Å². The standard InChI is InChI=1S/C16H21N3OS.C2HF3O2/c1-11-10-21-15(17-11)9-19(2)8-13-7-12-5-3-4-6-14(12)18-16(13)20;3-2(4,5)1(6)7/h7,10H,3-6,8-9H2,1-2H3,(H,18,20);(H,6,7). The average Bonchev–Trinajstić information content (AvgIpc) is 3.00. The number of hydrogen-bond donors (Lipinski definition) is 2. The first kappa shape index (κ1) is 22.1. The summed E-state index contributed by atoms with van der Waals surface area (Å²) >= 11 is 1.68. The second-order valence-corrected chi connectivity index (χ2v) is 7.64. The maximum Gasteiger partial charge on any atom is 0.490 e. The summed E-state index contributed by atoms with van der Waals surface area (Å²) in [4.78, 5) is 30.8. The zero-order valence-corrected chi connectivity index (χ0v) is 16.4. The predicted octanol–water partition coefficient (Wildman–Crippen LogP) is 3.28. The normalized spacial score (nSPS) is 13.6. The van der Waals surface area contributed by atoms with Crippen LogP contribution in [0.2, 0.25) is 0 Å².